The molecule has 0 aromatic heterocycles. The van der Waals surface area contributed by atoms with Crippen LogP contribution >= 0.6 is 0 Å². The van der Waals surface area contributed by atoms with E-state index in [2.05, 4.69) is 17.5 Å². The molecule has 0 saturated carbocycles. The van der Waals surface area contributed by atoms with Crippen molar-refractivity contribution in [2.24, 2.45) is 5.10 Å². The number of ether oxygens (including phenoxy) is 1. The van der Waals surface area contributed by atoms with Crippen molar-refractivity contribution in [3.05, 3.63) is 65.7 Å². The van der Waals surface area contributed by atoms with Crippen molar-refractivity contribution in [2.45, 2.75) is 26.2 Å². The van der Waals surface area contributed by atoms with Crippen LogP contribution in [0.5, 0.6) is 5.75 Å². The Morgan fingerprint density at radius 3 is 2.39 bits per heavy atom. The topological polar surface area (TPSA) is 50.7 Å². The van der Waals surface area contributed by atoms with E-state index in [9.17, 15) is 4.79 Å². The summed E-state index contributed by atoms with van der Waals surface area (Å²) in [5.41, 5.74) is 5.53. The average Bonchev–Trinajstić information content (AvgIpc) is 2.60. The Morgan fingerprint density at radius 2 is 1.78 bits per heavy atom. The molecular formula is C19H22N2O2. The molecule has 0 aliphatic heterocycles. The zero-order chi connectivity index (χ0) is 16.5. The summed E-state index contributed by atoms with van der Waals surface area (Å²) in [4.78, 5) is 12.1. The summed E-state index contributed by atoms with van der Waals surface area (Å²) in [6.07, 6.45) is 2.09. The van der Waals surface area contributed by atoms with Crippen LogP contribution in [0.1, 0.15) is 30.9 Å². The first-order valence-electron chi connectivity index (χ1n) is 7.76. The van der Waals surface area contributed by atoms with E-state index in [-0.39, 0.29) is 5.91 Å². The van der Waals surface area contributed by atoms with Gasteiger partial charge in [0.15, 0.2) is 0 Å². The van der Waals surface area contributed by atoms with E-state index >= 15 is 0 Å². The largest absolute Gasteiger partial charge is 0.497 e. The van der Waals surface area contributed by atoms with Gasteiger partial charge in [-0.3, -0.25) is 4.79 Å². The lowest BCUT2D eigenvalue weighted by molar-refractivity contribution is -0.120. The molecule has 1 N–H and O–H groups in total. The number of hydrogen-bond acceptors (Lipinski definition) is 3. The zero-order valence-corrected chi connectivity index (χ0v) is 13.6. The van der Waals surface area contributed by atoms with Gasteiger partial charge in [0.25, 0.3) is 0 Å². The highest BCUT2D eigenvalue weighted by Crippen LogP contribution is 2.11. The third kappa shape index (κ3) is 5.25. The Bertz CT molecular complexity index is 649. The molecule has 2 rings (SSSR count). The maximum atomic E-state index is 12.1. The normalized spacial score (nSPS) is 11.1. The molecule has 4 nitrogen and oxygen atoms in total. The number of nitrogens with zero attached hydrogens (tertiary/aromatic N) is 1. The third-order valence-corrected chi connectivity index (χ3v) is 3.43. The van der Waals surface area contributed by atoms with E-state index in [0.29, 0.717) is 6.42 Å². The number of carbonyl (C=O) groups excluding carboxylic acids is 1. The monoisotopic (exact) mass is 310 g/mol. The molecule has 0 spiro atoms. The van der Waals surface area contributed by atoms with Crippen LogP contribution in [-0.2, 0) is 11.2 Å². The Kier molecular flexibility index (Phi) is 6.36. The van der Waals surface area contributed by atoms with Gasteiger partial charge in [0.05, 0.1) is 19.2 Å². The predicted octanol–water partition coefficient (Wildman–Crippen LogP) is 3.56. The quantitative estimate of drug-likeness (QED) is 0.628. The highest BCUT2D eigenvalue weighted by Gasteiger charge is 2.06. The number of hydrazone groups is 1. The van der Waals surface area contributed by atoms with Crippen molar-refractivity contribution in [1.82, 2.24) is 5.43 Å². The van der Waals surface area contributed by atoms with Crippen LogP contribution in [0, 0.1) is 0 Å². The lowest BCUT2D eigenvalue weighted by atomic mass is 10.1. The van der Waals surface area contributed by atoms with Crippen LogP contribution in [0.25, 0.3) is 0 Å². The van der Waals surface area contributed by atoms with Gasteiger partial charge in [-0.2, -0.15) is 5.10 Å². The van der Waals surface area contributed by atoms with Crippen molar-refractivity contribution < 1.29 is 9.53 Å². The van der Waals surface area contributed by atoms with Gasteiger partial charge in [0.1, 0.15) is 5.75 Å². The van der Waals surface area contributed by atoms with E-state index in [1.807, 2.05) is 54.6 Å². The molecule has 120 valence electrons. The maximum absolute atomic E-state index is 12.1. The highest BCUT2D eigenvalue weighted by atomic mass is 16.5. The average molecular weight is 310 g/mol. The standard InChI is InChI=1S/C19H22N2O2/c1-3-7-18(16-8-5-4-6-9-16)20-21-19(22)14-15-10-12-17(23-2)13-11-15/h4-6,8-13H,3,7,14H2,1-2H3,(H,21,22). The molecule has 4 heteroatoms. The lowest BCUT2D eigenvalue weighted by Gasteiger charge is -2.07. The molecule has 23 heavy (non-hydrogen) atoms. The first-order chi connectivity index (χ1) is 11.2. The fourth-order valence-electron chi connectivity index (χ4n) is 2.23. The molecule has 0 saturated heterocycles. The van der Waals surface area contributed by atoms with Crippen LogP contribution < -0.4 is 10.2 Å². The fourth-order valence-corrected chi connectivity index (χ4v) is 2.23. The van der Waals surface area contributed by atoms with Crippen LogP contribution in [0.2, 0.25) is 0 Å². The van der Waals surface area contributed by atoms with Crippen LogP contribution in [0.4, 0.5) is 0 Å². The Morgan fingerprint density at radius 1 is 1.09 bits per heavy atom. The third-order valence-electron chi connectivity index (χ3n) is 3.43. The van der Waals surface area contributed by atoms with Crippen LogP contribution in [-0.4, -0.2) is 18.7 Å². The minimum absolute atomic E-state index is 0.125. The Labute approximate surface area is 137 Å². The fraction of sp³-hybridized carbons (Fsp3) is 0.263. The number of nitrogens with one attached hydrogen (secondary N) is 1. The van der Waals surface area contributed by atoms with Crippen molar-refractivity contribution in [3.8, 4) is 5.75 Å². The van der Waals surface area contributed by atoms with Crippen LogP contribution in [0.3, 0.4) is 0 Å². The second-order valence-corrected chi connectivity index (χ2v) is 5.23. The molecular weight excluding hydrogens is 288 g/mol. The molecule has 0 fully saturated rings. The Hall–Kier alpha value is -2.62. The molecule has 0 aliphatic rings. The Balaban J connectivity index is 1.99. The number of rotatable bonds is 7. The van der Waals surface area contributed by atoms with E-state index in [0.717, 1.165) is 35.4 Å². The van der Waals surface area contributed by atoms with Crippen LogP contribution in [0.15, 0.2) is 59.7 Å². The van der Waals surface area contributed by atoms with Gasteiger partial charge >= 0.3 is 0 Å². The molecule has 2 aromatic rings. The van der Waals surface area contributed by atoms with Crippen molar-refractivity contribution >= 4 is 11.6 Å². The summed E-state index contributed by atoms with van der Waals surface area (Å²) >= 11 is 0. The molecule has 0 unspecified atom stereocenters. The van der Waals surface area contributed by atoms with Gasteiger partial charge < -0.3 is 4.74 Å². The van der Waals surface area contributed by atoms with Crippen molar-refractivity contribution in [1.29, 1.82) is 0 Å². The molecule has 0 bridgehead atoms. The minimum Gasteiger partial charge on any atom is -0.497 e. The number of benzene rings is 2. The van der Waals surface area contributed by atoms with Gasteiger partial charge in [-0.15, -0.1) is 0 Å². The second kappa shape index (κ2) is 8.73. The number of hydrogen-bond donors (Lipinski definition) is 1. The van der Waals surface area contributed by atoms with Gasteiger partial charge in [0.2, 0.25) is 5.91 Å². The zero-order valence-electron chi connectivity index (χ0n) is 13.6. The van der Waals surface area contributed by atoms with E-state index in [4.69, 9.17) is 4.74 Å². The summed E-state index contributed by atoms with van der Waals surface area (Å²) in [5, 5.41) is 4.31. The lowest BCUT2D eigenvalue weighted by Crippen LogP contribution is -2.22. The van der Waals surface area contributed by atoms with Gasteiger partial charge in [-0.1, -0.05) is 55.8 Å². The van der Waals surface area contributed by atoms with Gasteiger partial charge in [-0.25, -0.2) is 5.43 Å². The summed E-state index contributed by atoms with van der Waals surface area (Å²) in [7, 11) is 1.62. The van der Waals surface area contributed by atoms with Crippen molar-refractivity contribution in [3.63, 3.8) is 0 Å². The van der Waals surface area contributed by atoms with Gasteiger partial charge in [-0.05, 0) is 29.7 Å². The van der Waals surface area contributed by atoms with E-state index in [1.165, 1.54) is 0 Å². The molecule has 0 heterocycles. The molecule has 0 atom stereocenters. The van der Waals surface area contributed by atoms with Crippen molar-refractivity contribution in [2.75, 3.05) is 7.11 Å². The number of methoxy groups -OCH3 is 1. The highest BCUT2D eigenvalue weighted by molar-refractivity contribution is 6.01. The maximum Gasteiger partial charge on any atom is 0.244 e. The van der Waals surface area contributed by atoms with E-state index in [1.54, 1.807) is 7.11 Å². The summed E-state index contributed by atoms with van der Waals surface area (Å²) in [6, 6.07) is 17.4. The predicted molar refractivity (Wildman–Crippen MR) is 92.7 cm³/mol. The first kappa shape index (κ1) is 16.7. The minimum atomic E-state index is -0.125. The summed E-state index contributed by atoms with van der Waals surface area (Å²) in [5.74, 6) is 0.654. The SMILES string of the molecule is CCCC(=NNC(=O)Cc1ccc(OC)cc1)c1ccccc1. The summed E-state index contributed by atoms with van der Waals surface area (Å²) in [6.45, 7) is 2.09. The smallest absolute Gasteiger partial charge is 0.244 e. The molecule has 1 amide bonds. The first-order valence-corrected chi connectivity index (χ1v) is 7.76. The number of amides is 1. The second-order valence-electron chi connectivity index (χ2n) is 5.23. The summed E-state index contributed by atoms with van der Waals surface area (Å²) < 4.78 is 5.11. The van der Waals surface area contributed by atoms with Gasteiger partial charge in [0, 0.05) is 0 Å². The molecule has 2 aromatic carbocycles. The number of carbonyl (C=O) groups is 1. The molecule has 0 aliphatic carbocycles. The molecule has 0 radical (unpaired) electrons. The van der Waals surface area contributed by atoms with E-state index < -0.39 is 0 Å².